The van der Waals surface area contributed by atoms with Crippen LogP contribution in [-0.2, 0) is 11.2 Å². The van der Waals surface area contributed by atoms with E-state index in [1.807, 2.05) is 0 Å². The highest BCUT2D eigenvalue weighted by molar-refractivity contribution is 6.41. The number of methoxy groups -OCH3 is 2. The SMILES string of the molecule is COc1cc(OC)c(Cl)c(-c2ccc(C(N)=NC(=O)c3ccc(CCC(=O)N(C)C)cc3)c(N)c2)c1Cl. The zero-order valence-electron chi connectivity index (χ0n) is 21.0. The van der Waals surface area contributed by atoms with Crippen LogP contribution >= 0.6 is 23.2 Å². The van der Waals surface area contributed by atoms with Gasteiger partial charge in [0.05, 0.1) is 24.3 Å². The number of rotatable bonds is 8. The second-order valence-electron chi connectivity index (χ2n) is 8.37. The van der Waals surface area contributed by atoms with Gasteiger partial charge in [-0.15, -0.1) is 0 Å². The van der Waals surface area contributed by atoms with Gasteiger partial charge in [0.2, 0.25) is 5.91 Å². The fraction of sp³-hybridized carbons (Fsp3) is 0.222. The molecule has 3 aromatic carbocycles. The maximum Gasteiger partial charge on any atom is 0.278 e. The van der Waals surface area contributed by atoms with E-state index in [2.05, 4.69) is 4.99 Å². The Morgan fingerprint density at radius 1 is 0.946 bits per heavy atom. The molecule has 8 nitrogen and oxygen atoms in total. The van der Waals surface area contributed by atoms with Gasteiger partial charge < -0.3 is 25.8 Å². The molecule has 0 radical (unpaired) electrons. The van der Waals surface area contributed by atoms with Crippen LogP contribution in [-0.4, -0.2) is 50.9 Å². The minimum absolute atomic E-state index is 0.0323. The number of nitrogen functional groups attached to an aromatic ring is 1. The van der Waals surface area contributed by atoms with Crippen LogP contribution in [0.3, 0.4) is 0 Å². The summed E-state index contributed by atoms with van der Waals surface area (Å²) in [5.74, 6) is 0.275. The highest BCUT2D eigenvalue weighted by atomic mass is 35.5. The lowest BCUT2D eigenvalue weighted by atomic mass is 10.0. The van der Waals surface area contributed by atoms with Gasteiger partial charge in [-0.25, -0.2) is 0 Å². The molecule has 2 amide bonds. The molecule has 4 N–H and O–H groups in total. The number of hydrogen-bond acceptors (Lipinski definition) is 5. The lowest BCUT2D eigenvalue weighted by Crippen LogP contribution is -2.21. The first-order valence-electron chi connectivity index (χ1n) is 11.2. The molecule has 10 heteroatoms. The monoisotopic (exact) mass is 542 g/mol. The largest absolute Gasteiger partial charge is 0.495 e. The molecule has 0 heterocycles. The van der Waals surface area contributed by atoms with Crippen LogP contribution in [0.25, 0.3) is 11.1 Å². The Kier molecular flexibility index (Phi) is 9.02. The third kappa shape index (κ3) is 6.34. The van der Waals surface area contributed by atoms with Crippen LogP contribution in [0.2, 0.25) is 10.0 Å². The summed E-state index contributed by atoms with van der Waals surface area (Å²) in [5, 5.41) is 0.596. The van der Waals surface area contributed by atoms with Gasteiger partial charge in [-0.3, -0.25) is 9.59 Å². The van der Waals surface area contributed by atoms with Crippen molar-refractivity contribution < 1.29 is 19.1 Å². The summed E-state index contributed by atoms with van der Waals surface area (Å²) in [7, 11) is 6.41. The Labute approximate surface area is 225 Å². The van der Waals surface area contributed by atoms with Crippen molar-refractivity contribution in [1.82, 2.24) is 4.90 Å². The molecule has 0 aliphatic rings. The Morgan fingerprint density at radius 3 is 2.05 bits per heavy atom. The number of hydrogen-bond donors (Lipinski definition) is 2. The van der Waals surface area contributed by atoms with Crippen molar-refractivity contribution in [2.24, 2.45) is 10.7 Å². The van der Waals surface area contributed by atoms with Crippen LogP contribution in [0.15, 0.2) is 53.5 Å². The number of ether oxygens (including phenoxy) is 2. The molecule has 0 aliphatic carbocycles. The molecule has 194 valence electrons. The summed E-state index contributed by atoms with van der Waals surface area (Å²) in [6.45, 7) is 0. The van der Waals surface area contributed by atoms with E-state index in [0.29, 0.717) is 56.6 Å². The number of anilines is 1. The van der Waals surface area contributed by atoms with Crippen LogP contribution in [0, 0.1) is 0 Å². The fourth-order valence-electron chi connectivity index (χ4n) is 3.61. The number of amidine groups is 1. The zero-order chi connectivity index (χ0) is 27.3. The van der Waals surface area contributed by atoms with E-state index in [4.69, 9.17) is 44.1 Å². The van der Waals surface area contributed by atoms with Gasteiger partial charge in [-0.2, -0.15) is 4.99 Å². The number of amides is 2. The third-order valence-electron chi connectivity index (χ3n) is 5.74. The van der Waals surface area contributed by atoms with Crippen molar-refractivity contribution in [2.45, 2.75) is 12.8 Å². The van der Waals surface area contributed by atoms with Gasteiger partial charge in [-0.1, -0.05) is 41.4 Å². The minimum atomic E-state index is -0.513. The van der Waals surface area contributed by atoms with Crippen molar-refractivity contribution in [3.63, 3.8) is 0 Å². The standard InChI is InChI=1S/C27H28Cl2N4O4/c1-33(2)22(34)12-7-15-5-8-16(9-6-15)27(35)32-26(31)18-11-10-17(13-19(18)30)23-24(28)20(36-3)14-21(37-4)25(23)29/h5-6,8-11,13-14H,7,12,30H2,1-4H3,(H2,31,32,35). The predicted octanol–water partition coefficient (Wildman–Crippen LogP) is 4.83. The average molecular weight is 543 g/mol. The molecule has 0 aromatic heterocycles. The molecule has 0 saturated heterocycles. The maximum absolute atomic E-state index is 12.7. The zero-order valence-corrected chi connectivity index (χ0v) is 22.5. The quantitative estimate of drug-likeness (QED) is 0.239. The lowest BCUT2D eigenvalue weighted by Gasteiger charge is -2.16. The molecule has 0 bridgehead atoms. The molecule has 0 unspecified atom stereocenters. The highest BCUT2D eigenvalue weighted by Crippen LogP contribution is 2.46. The predicted molar refractivity (Wildman–Crippen MR) is 148 cm³/mol. The van der Waals surface area contributed by atoms with Crippen molar-refractivity contribution in [1.29, 1.82) is 0 Å². The van der Waals surface area contributed by atoms with E-state index in [1.165, 1.54) is 14.2 Å². The first-order chi connectivity index (χ1) is 17.6. The summed E-state index contributed by atoms with van der Waals surface area (Å²) in [6, 6.07) is 13.5. The summed E-state index contributed by atoms with van der Waals surface area (Å²) in [6.07, 6.45) is 0.965. The number of halogens is 2. The van der Waals surface area contributed by atoms with Crippen molar-refractivity contribution in [3.05, 3.63) is 75.3 Å². The topological polar surface area (TPSA) is 120 Å². The number of aliphatic imine (C=N–C) groups is 1. The van der Waals surface area contributed by atoms with E-state index in [0.717, 1.165) is 5.56 Å². The molecule has 0 fully saturated rings. The minimum Gasteiger partial charge on any atom is -0.495 e. The van der Waals surface area contributed by atoms with Crippen LogP contribution in [0.1, 0.15) is 27.9 Å². The summed E-state index contributed by atoms with van der Waals surface area (Å²) < 4.78 is 10.7. The Hall–Kier alpha value is -3.75. The van der Waals surface area contributed by atoms with E-state index in [9.17, 15) is 9.59 Å². The van der Waals surface area contributed by atoms with E-state index in [1.54, 1.807) is 67.5 Å². The van der Waals surface area contributed by atoms with E-state index >= 15 is 0 Å². The third-order valence-corrected chi connectivity index (χ3v) is 6.49. The summed E-state index contributed by atoms with van der Waals surface area (Å²) >= 11 is 13.0. The number of carbonyl (C=O) groups excluding carboxylic acids is 2. The van der Waals surface area contributed by atoms with Crippen LogP contribution in [0.5, 0.6) is 11.5 Å². The van der Waals surface area contributed by atoms with E-state index in [-0.39, 0.29) is 17.4 Å². The van der Waals surface area contributed by atoms with Gasteiger partial charge in [-0.05, 0) is 41.8 Å². The Morgan fingerprint density at radius 2 is 1.54 bits per heavy atom. The first kappa shape index (κ1) is 27.8. The van der Waals surface area contributed by atoms with Crippen molar-refractivity contribution >= 4 is 46.5 Å². The maximum atomic E-state index is 12.7. The van der Waals surface area contributed by atoms with Crippen LogP contribution in [0.4, 0.5) is 5.69 Å². The first-order valence-corrected chi connectivity index (χ1v) is 12.0. The average Bonchev–Trinajstić information content (AvgIpc) is 2.87. The smallest absolute Gasteiger partial charge is 0.278 e. The molecule has 3 rings (SSSR count). The van der Waals surface area contributed by atoms with Gasteiger partial charge in [0.1, 0.15) is 17.3 Å². The van der Waals surface area contributed by atoms with Gasteiger partial charge >= 0.3 is 0 Å². The normalized spacial score (nSPS) is 11.2. The molecular weight excluding hydrogens is 515 g/mol. The van der Waals surface area contributed by atoms with Crippen molar-refractivity contribution in [3.8, 4) is 22.6 Å². The molecule has 0 spiro atoms. The lowest BCUT2D eigenvalue weighted by molar-refractivity contribution is -0.128. The molecule has 0 atom stereocenters. The Balaban J connectivity index is 1.83. The molecule has 3 aromatic rings. The van der Waals surface area contributed by atoms with E-state index < -0.39 is 5.91 Å². The number of nitrogens with two attached hydrogens (primary N) is 2. The van der Waals surface area contributed by atoms with Gasteiger partial charge in [0.25, 0.3) is 5.91 Å². The molecule has 0 aliphatic heterocycles. The number of benzene rings is 3. The summed E-state index contributed by atoms with van der Waals surface area (Å²) in [5.41, 5.74) is 15.5. The number of nitrogens with zero attached hydrogens (tertiary/aromatic N) is 2. The highest BCUT2D eigenvalue weighted by Gasteiger charge is 2.20. The van der Waals surface area contributed by atoms with Gasteiger partial charge in [0, 0.05) is 49.0 Å². The second-order valence-corrected chi connectivity index (χ2v) is 9.13. The number of carbonyl (C=O) groups is 2. The Bertz CT molecular complexity index is 1330. The van der Waals surface area contributed by atoms with Crippen molar-refractivity contribution in [2.75, 3.05) is 34.0 Å². The second kappa shape index (κ2) is 12.0. The molecule has 0 saturated carbocycles. The van der Waals surface area contributed by atoms with Gasteiger partial charge in [0.15, 0.2) is 0 Å². The summed E-state index contributed by atoms with van der Waals surface area (Å²) in [4.78, 5) is 30.0. The molecule has 37 heavy (non-hydrogen) atoms. The molecular formula is C27H28Cl2N4O4. The number of aryl methyl sites for hydroxylation is 1. The van der Waals surface area contributed by atoms with Crippen LogP contribution < -0.4 is 20.9 Å². The fourth-order valence-corrected chi connectivity index (χ4v) is 4.33.